The van der Waals surface area contributed by atoms with E-state index >= 15 is 0 Å². The molecule has 0 saturated carbocycles. The monoisotopic (exact) mass is 1040 g/mol. The van der Waals surface area contributed by atoms with Gasteiger partial charge in [0.05, 0.1) is 5.41 Å². The van der Waals surface area contributed by atoms with Gasteiger partial charge >= 0.3 is 0 Å². The van der Waals surface area contributed by atoms with Crippen LogP contribution in [0, 0.1) is 0 Å². The molecule has 0 amide bonds. The first-order valence-corrected chi connectivity index (χ1v) is 25.7. The Morgan fingerprint density at radius 3 is 0.975 bits per heavy atom. The topological polar surface area (TPSA) is 162 Å². The van der Waals surface area contributed by atoms with E-state index in [2.05, 4.69) is 60.7 Å². The van der Waals surface area contributed by atoms with Crippen LogP contribution in [0.5, 0.6) is 46.0 Å². The maximum absolute atomic E-state index is 9.84. The Morgan fingerprint density at radius 1 is 0.253 bits per heavy atom. The quantitative estimate of drug-likeness (QED) is 0.0663. The first-order chi connectivity index (χ1) is 38.4. The molecular formula is C71H58O8. The van der Waals surface area contributed by atoms with Gasteiger partial charge in [0.2, 0.25) is 0 Å². The number of hydrogen-bond acceptors (Lipinski definition) is 8. The van der Waals surface area contributed by atoms with E-state index in [1.54, 1.807) is 109 Å². The van der Waals surface area contributed by atoms with Crippen LogP contribution in [0.15, 0.2) is 285 Å². The van der Waals surface area contributed by atoms with E-state index in [1.165, 1.54) is 16.3 Å². The molecule has 0 radical (unpaired) electrons. The lowest BCUT2D eigenvalue weighted by atomic mass is 9.65. The van der Waals surface area contributed by atoms with Gasteiger partial charge in [-0.1, -0.05) is 188 Å². The second-order valence-corrected chi connectivity index (χ2v) is 19.0. The molecule has 0 aliphatic heterocycles. The zero-order chi connectivity index (χ0) is 55.1. The summed E-state index contributed by atoms with van der Waals surface area (Å²) in [7, 11) is 0. The molecule has 12 aromatic rings. The predicted octanol–water partition coefficient (Wildman–Crippen LogP) is 15.9. The van der Waals surface area contributed by atoms with Gasteiger partial charge < -0.3 is 40.9 Å². The molecule has 0 heterocycles. The SMILES string of the molecule is Oc1ccc(C(c2ccc(O)cc2)c2cccc3ccccc23)cc1.Oc1ccc(C(c2ccccc2)(c2ccccc2)c2ccc(O)cc2)cc1.Oc1ccc(Cc2ccc(O)cc2)cc1.Oc1ccc2cc(O)ccc2c1. The highest BCUT2D eigenvalue weighted by Gasteiger charge is 2.38. The number of fused-ring (bicyclic) bond motifs is 2. The van der Waals surface area contributed by atoms with Crippen molar-refractivity contribution in [2.24, 2.45) is 0 Å². The summed E-state index contributed by atoms with van der Waals surface area (Å²) in [6.07, 6.45) is 0.806. The molecule has 0 aliphatic carbocycles. The second kappa shape index (κ2) is 24.9. The number of benzene rings is 12. The van der Waals surface area contributed by atoms with Crippen LogP contribution in [0.3, 0.4) is 0 Å². The van der Waals surface area contributed by atoms with Gasteiger partial charge in [0, 0.05) is 5.92 Å². The van der Waals surface area contributed by atoms with E-state index in [-0.39, 0.29) is 51.9 Å². The van der Waals surface area contributed by atoms with Gasteiger partial charge in [-0.05, 0) is 175 Å². The average Bonchev–Trinajstić information content (AvgIpc) is 3.51. The maximum atomic E-state index is 9.84. The summed E-state index contributed by atoms with van der Waals surface area (Å²) in [5.41, 5.74) is 9.43. The fraction of sp³-hybridized carbons (Fsp3) is 0.0423. The van der Waals surface area contributed by atoms with Crippen molar-refractivity contribution in [3.05, 3.63) is 335 Å². The molecule has 8 N–H and O–H groups in total. The fourth-order valence-electron chi connectivity index (χ4n) is 9.87. The molecule has 0 fully saturated rings. The van der Waals surface area contributed by atoms with Crippen LogP contribution >= 0.6 is 0 Å². The van der Waals surface area contributed by atoms with Crippen molar-refractivity contribution in [3.8, 4) is 46.0 Å². The van der Waals surface area contributed by atoms with Crippen LogP contribution in [0.2, 0.25) is 0 Å². The molecule has 0 atom stereocenters. The summed E-state index contributed by atoms with van der Waals surface area (Å²) in [6, 6.07) is 89.0. The van der Waals surface area contributed by atoms with Crippen LogP contribution in [-0.2, 0) is 11.8 Å². The standard InChI is InChI=1S/C25H20O2.C23H18O2.C13H12O2.C10H8O2/c26-23-15-11-21(12-16-23)25(19-7-3-1-4-8-19,20-9-5-2-6-10-20)22-13-17-24(27)18-14-22;24-19-12-8-17(9-13-19)23(18-10-14-20(25)15-11-18)22-7-3-5-16-4-1-2-6-21(16)22;14-12-5-1-10(2-6-12)9-11-3-7-13(15)8-4-11;11-9-3-1-7-5-10(12)4-2-8(7)6-9/h1-18,26-27H;1-15,23-25H;1-8,14-15H,9H2;1-6,11-12H. The van der Waals surface area contributed by atoms with Crippen molar-refractivity contribution >= 4 is 21.5 Å². The van der Waals surface area contributed by atoms with Crippen LogP contribution in [0.1, 0.15) is 56.0 Å². The van der Waals surface area contributed by atoms with E-state index in [0.29, 0.717) is 0 Å². The summed E-state index contributed by atoms with van der Waals surface area (Å²) in [5, 5.41) is 79.8. The van der Waals surface area contributed by atoms with Gasteiger partial charge in [-0.3, -0.25) is 0 Å². The second-order valence-electron chi connectivity index (χ2n) is 19.0. The Labute approximate surface area is 459 Å². The number of phenolic OH excluding ortho intramolecular Hbond substituents is 8. The lowest BCUT2D eigenvalue weighted by molar-refractivity contribution is 0.473. The highest BCUT2D eigenvalue weighted by molar-refractivity contribution is 5.87. The van der Waals surface area contributed by atoms with E-state index in [4.69, 9.17) is 20.4 Å². The average molecular weight is 1040 g/mol. The molecule has 390 valence electrons. The smallest absolute Gasteiger partial charge is 0.116 e. The summed E-state index contributed by atoms with van der Waals surface area (Å²) in [5.74, 6) is 2.05. The van der Waals surface area contributed by atoms with Crippen LogP contribution in [0.25, 0.3) is 21.5 Å². The molecule has 0 unspecified atom stereocenters. The van der Waals surface area contributed by atoms with Crippen LogP contribution < -0.4 is 0 Å². The van der Waals surface area contributed by atoms with E-state index in [1.807, 2.05) is 115 Å². The molecule has 0 saturated heterocycles. The Hall–Kier alpha value is -10.4. The van der Waals surface area contributed by atoms with Crippen LogP contribution in [0.4, 0.5) is 0 Å². The van der Waals surface area contributed by atoms with Crippen LogP contribution in [-0.4, -0.2) is 40.9 Å². The van der Waals surface area contributed by atoms with Crippen molar-refractivity contribution < 1.29 is 40.9 Å². The highest BCUT2D eigenvalue weighted by atomic mass is 16.3. The molecule has 12 aromatic carbocycles. The Morgan fingerprint density at radius 2 is 0.570 bits per heavy atom. The first kappa shape index (κ1) is 53.4. The summed E-state index contributed by atoms with van der Waals surface area (Å²) < 4.78 is 0. The van der Waals surface area contributed by atoms with Gasteiger partial charge in [0.1, 0.15) is 46.0 Å². The molecule has 79 heavy (non-hydrogen) atoms. The Balaban J connectivity index is 0.000000134. The van der Waals surface area contributed by atoms with Crippen molar-refractivity contribution in [2.45, 2.75) is 17.8 Å². The number of aromatic hydroxyl groups is 8. The third kappa shape index (κ3) is 13.2. The summed E-state index contributed by atoms with van der Waals surface area (Å²) in [4.78, 5) is 0. The minimum Gasteiger partial charge on any atom is -0.508 e. The third-order valence-corrected chi connectivity index (χ3v) is 13.7. The molecule has 0 spiro atoms. The predicted molar refractivity (Wildman–Crippen MR) is 315 cm³/mol. The zero-order valence-electron chi connectivity index (χ0n) is 43.0. The molecule has 8 nitrogen and oxygen atoms in total. The van der Waals surface area contributed by atoms with Gasteiger partial charge in [0.15, 0.2) is 0 Å². The van der Waals surface area contributed by atoms with Gasteiger partial charge in [0.25, 0.3) is 0 Å². The van der Waals surface area contributed by atoms with Crippen molar-refractivity contribution in [2.75, 3.05) is 0 Å². The molecule has 8 heteroatoms. The van der Waals surface area contributed by atoms with Crippen molar-refractivity contribution in [1.82, 2.24) is 0 Å². The molecule has 12 rings (SSSR count). The van der Waals surface area contributed by atoms with Gasteiger partial charge in [-0.2, -0.15) is 0 Å². The summed E-state index contributed by atoms with van der Waals surface area (Å²) in [6.45, 7) is 0. The van der Waals surface area contributed by atoms with E-state index in [9.17, 15) is 20.4 Å². The maximum Gasteiger partial charge on any atom is 0.116 e. The minimum atomic E-state index is -0.566. The number of hydrogen-bond donors (Lipinski definition) is 8. The Bertz CT molecular complexity index is 3630. The van der Waals surface area contributed by atoms with E-state index < -0.39 is 5.41 Å². The molecular weight excluding hydrogens is 981 g/mol. The van der Waals surface area contributed by atoms with Crippen molar-refractivity contribution in [3.63, 3.8) is 0 Å². The Kier molecular flexibility index (Phi) is 16.9. The van der Waals surface area contributed by atoms with Gasteiger partial charge in [-0.15, -0.1) is 0 Å². The summed E-state index contributed by atoms with van der Waals surface area (Å²) >= 11 is 0. The van der Waals surface area contributed by atoms with Crippen molar-refractivity contribution in [1.29, 1.82) is 0 Å². The van der Waals surface area contributed by atoms with Gasteiger partial charge in [-0.25, -0.2) is 0 Å². The minimum absolute atomic E-state index is 0.0206. The molecule has 0 bridgehead atoms. The molecule has 0 aromatic heterocycles. The first-order valence-electron chi connectivity index (χ1n) is 25.7. The highest BCUT2D eigenvalue weighted by Crippen LogP contribution is 2.46. The largest absolute Gasteiger partial charge is 0.508 e. The lowest BCUT2D eigenvalue weighted by Gasteiger charge is -2.36. The zero-order valence-corrected chi connectivity index (χ0v) is 43.0. The fourth-order valence-corrected chi connectivity index (χ4v) is 9.87. The van der Waals surface area contributed by atoms with E-state index in [0.717, 1.165) is 61.7 Å². The lowest BCUT2D eigenvalue weighted by Crippen LogP contribution is -2.30. The molecule has 0 aliphatic rings. The normalized spacial score (nSPS) is 10.8. The number of rotatable bonds is 9. The third-order valence-electron chi connectivity index (χ3n) is 13.7. The number of phenols is 8.